The van der Waals surface area contributed by atoms with Gasteiger partial charge in [0.25, 0.3) is 11.8 Å². The molecule has 3 aromatic carbocycles. The van der Waals surface area contributed by atoms with Gasteiger partial charge in [0.05, 0.1) is 48.7 Å². The SMILES string of the molecule is COC(=O)N[C@@H](C(=O)N1CCC[C@H]1c1ncc(-c2ccc(-c3ccc(-c4cnc([C@@H]5CCCN5C(=O)[C@@H](c5ccccc5)N(C)C(=O)O)[nH]4)cn3)c(C)c2)[nH]1)c1ccccc1. The fourth-order valence-corrected chi connectivity index (χ4v) is 8.48. The first kappa shape index (κ1) is 40.5. The number of ether oxygens (including phenoxy) is 1. The Morgan fingerprint density at radius 3 is 1.89 bits per heavy atom. The van der Waals surface area contributed by atoms with Gasteiger partial charge in [-0.25, -0.2) is 19.6 Å². The number of nitrogens with zero attached hydrogens (tertiary/aromatic N) is 6. The van der Waals surface area contributed by atoms with Crippen molar-refractivity contribution in [2.75, 3.05) is 27.2 Å². The van der Waals surface area contributed by atoms with E-state index in [9.17, 15) is 24.3 Å². The Morgan fingerprint density at radius 2 is 1.33 bits per heavy atom. The number of rotatable bonds is 11. The number of carbonyl (C=O) groups is 4. The van der Waals surface area contributed by atoms with Crippen LogP contribution in [0, 0.1) is 6.92 Å². The van der Waals surface area contributed by atoms with E-state index < -0.39 is 24.3 Å². The number of methoxy groups -OCH3 is 1. The number of hydrogen-bond donors (Lipinski definition) is 4. The molecule has 0 spiro atoms. The van der Waals surface area contributed by atoms with Crippen molar-refractivity contribution in [2.24, 2.45) is 0 Å². The van der Waals surface area contributed by atoms with Crippen molar-refractivity contribution in [3.8, 4) is 33.8 Å². The number of H-pyrrole nitrogens is 2. The van der Waals surface area contributed by atoms with Crippen LogP contribution in [0.2, 0.25) is 0 Å². The van der Waals surface area contributed by atoms with Crippen LogP contribution in [0.3, 0.4) is 0 Å². The fraction of sp³-hybridized carbons (Fsp3) is 0.283. The van der Waals surface area contributed by atoms with Crippen molar-refractivity contribution in [2.45, 2.75) is 56.8 Å². The number of pyridine rings is 1. The summed E-state index contributed by atoms with van der Waals surface area (Å²) in [7, 11) is 2.69. The number of nitrogens with one attached hydrogen (secondary N) is 3. The van der Waals surface area contributed by atoms with Crippen molar-refractivity contribution >= 4 is 24.0 Å². The monoisotopic (exact) mass is 821 g/mol. The maximum absolute atomic E-state index is 14.0. The molecule has 15 nitrogen and oxygen atoms in total. The maximum atomic E-state index is 14.0. The number of aromatic amines is 2. The average molecular weight is 822 g/mol. The second-order valence-corrected chi connectivity index (χ2v) is 15.4. The first-order valence-corrected chi connectivity index (χ1v) is 20.3. The summed E-state index contributed by atoms with van der Waals surface area (Å²) < 4.78 is 4.83. The van der Waals surface area contributed by atoms with Crippen LogP contribution in [0.25, 0.3) is 33.8 Å². The van der Waals surface area contributed by atoms with E-state index in [0.29, 0.717) is 42.3 Å². The molecule has 0 aliphatic carbocycles. The zero-order valence-electron chi connectivity index (χ0n) is 34.1. The predicted molar refractivity (Wildman–Crippen MR) is 227 cm³/mol. The molecule has 6 aromatic rings. The minimum atomic E-state index is -1.18. The summed E-state index contributed by atoms with van der Waals surface area (Å²) in [5, 5.41) is 12.5. The third-order valence-electron chi connectivity index (χ3n) is 11.6. The molecule has 4 atom stereocenters. The number of alkyl carbamates (subject to hydrolysis) is 1. The molecule has 4 amide bonds. The van der Waals surface area contributed by atoms with Crippen LogP contribution in [-0.2, 0) is 14.3 Å². The van der Waals surface area contributed by atoms with Crippen molar-refractivity contribution < 1.29 is 29.0 Å². The van der Waals surface area contributed by atoms with E-state index in [1.807, 2.05) is 67.6 Å². The van der Waals surface area contributed by atoms with E-state index in [1.54, 1.807) is 52.7 Å². The molecule has 0 radical (unpaired) electrons. The van der Waals surface area contributed by atoms with Crippen LogP contribution in [0.1, 0.15) is 78.2 Å². The molecule has 61 heavy (non-hydrogen) atoms. The third kappa shape index (κ3) is 8.31. The van der Waals surface area contributed by atoms with Crippen molar-refractivity contribution in [1.29, 1.82) is 0 Å². The van der Waals surface area contributed by atoms with Crippen molar-refractivity contribution in [3.63, 3.8) is 0 Å². The first-order chi connectivity index (χ1) is 29.6. The van der Waals surface area contributed by atoms with E-state index in [1.165, 1.54) is 14.2 Å². The van der Waals surface area contributed by atoms with Gasteiger partial charge >= 0.3 is 12.2 Å². The Bertz CT molecular complexity index is 2520. The predicted octanol–water partition coefficient (Wildman–Crippen LogP) is 7.61. The number of aromatic nitrogens is 5. The van der Waals surface area contributed by atoms with Crippen LogP contribution >= 0.6 is 0 Å². The van der Waals surface area contributed by atoms with Gasteiger partial charge in [0.1, 0.15) is 23.7 Å². The van der Waals surface area contributed by atoms with Crippen molar-refractivity contribution in [3.05, 3.63) is 138 Å². The normalized spacial score (nSPS) is 17.2. The number of carboxylic acid groups (broad SMARTS) is 1. The van der Waals surface area contributed by atoms with Gasteiger partial charge < -0.3 is 34.9 Å². The van der Waals surface area contributed by atoms with Crippen molar-refractivity contribution in [1.82, 2.24) is 44.9 Å². The van der Waals surface area contributed by atoms with Crippen LogP contribution in [0.4, 0.5) is 9.59 Å². The minimum absolute atomic E-state index is 0.226. The topological polar surface area (TPSA) is 190 Å². The van der Waals surface area contributed by atoms with Gasteiger partial charge in [-0.05, 0) is 73.1 Å². The molecule has 0 saturated carbocycles. The number of likely N-dealkylation sites (N-methyl/N-ethyl adjacent to an activating group) is 1. The lowest BCUT2D eigenvalue weighted by Crippen LogP contribution is -2.43. The highest BCUT2D eigenvalue weighted by Crippen LogP contribution is 2.37. The Balaban J connectivity index is 0.952. The lowest BCUT2D eigenvalue weighted by Gasteiger charge is -2.32. The highest BCUT2D eigenvalue weighted by molar-refractivity contribution is 5.88. The molecule has 2 fully saturated rings. The van der Waals surface area contributed by atoms with Gasteiger partial charge in [-0.15, -0.1) is 0 Å². The summed E-state index contributed by atoms with van der Waals surface area (Å²) in [6.07, 6.45) is 6.47. The van der Waals surface area contributed by atoms with Crippen LogP contribution in [0.15, 0.2) is 110 Å². The summed E-state index contributed by atoms with van der Waals surface area (Å²) >= 11 is 0. The summed E-state index contributed by atoms with van der Waals surface area (Å²) in [5.74, 6) is 0.812. The number of hydrogen-bond acceptors (Lipinski definition) is 8. The zero-order chi connectivity index (χ0) is 42.6. The van der Waals surface area contributed by atoms with Gasteiger partial charge in [-0.1, -0.05) is 72.8 Å². The summed E-state index contributed by atoms with van der Waals surface area (Å²) in [5.41, 5.74) is 7.42. The van der Waals surface area contributed by atoms with E-state index in [0.717, 1.165) is 63.5 Å². The Kier molecular flexibility index (Phi) is 11.6. The molecule has 2 aliphatic heterocycles. The quantitative estimate of drug-likeness (QED) is 0.102. The lowest BCUT2D eigenvalue weighted by atomic mass is 10.0. The largest absolute Gasteiger partial charge is 0.465 e. The molecule has 2 saturated heterocycles. The van der Waals surface area contributed by atoms with Gasteiger partial charge in [0, 0.05) is 37.5 Å². The molecular weight excluding hydrogens is 775 g/mol. The minimum Gasteiger partial charge on any atom is -0.465 e. The Labute approximate surface area is 352 Å². The average Bonchev–Trinajstić information content (AvgIpc) is 4.13. The first-order valence-electron chi connectivity index (χ1n) is 20.3. The highest BCUT2D eigenvalue weighted by Gasteiger charge is 2.40. The standard InChI is InChI=1S/C46H47N9O6/c1-28-24-31(35-26-48-41(50-35)37-16-10-22-54(37)43(56)39(52-45(58)61-3)29-12-6-4-7-13-29)18-20-33(28)34-21-19-32(25-47-34)36-27-49-42(51-36)38-17-11-23-55(38)44(57)40(53(2)46(59)60)30-14-8-5-9-15-30/h4-9,12-15,18-21,24-27,37-40H,10-11,16-17,22-23H2,1-3H3,(H,48,50)(H,49,51)(H,52,58)(H,59,60)/t37-,38-,39+,40+/m0/s1. The number of benzene rings is 3. The molecule has 312 valence electrons. The van der Waals surface area contributed by atoms with E-state index in [4.69, 9.17) is 14.7 Å². The molecule has 3 aromatic heterocycles. The molecule has 0 unspecified atom stereocenters. The van der Waals surface area contributed by atoms with Crippen LogP contribution in [0.5, 0.6) is 0 Å². The Morgan fingerprint density at radius 1 is 0.754 bits per heavy atom. The van der Waals surface area contributed by atoms with E-state index >= 15 is 0 Å². The second-order valence-electron chi connectivity index (χ2n) is 15.4. The molecule has 5 heterocycles. The summed E-state index contributed by atoms with van der Waals surface area (Å²) in [4.78, 5) is 77.8. The summed E-state index contributed by atoms with van der Waals surface area (Å²) in [6.45, 7) is 3.07. The van der Waals surface area contributed by atoms with E-state index in [-0.39, 0.29) is 23.9 Å². The fourth-order valence-electron chi connectivity index (χ4n) is 8.48. The van der Waals surface area contributed by atoms with Gasteiger partial charge in [-0.2, -0.15) is 0 Å². The Hall–Kier alpha value is -7.29. The van der Waals surface area contributed by atoms with Gasteiger partial charge in [0.2, 0.25) is 0 Å². The number of carbonyl (C=O) groups excluding carboxylic acids is 3. The van der Waals surface area contributed by atoms with Crippen LogP contribution < -0.4 is 5.32 Å². The second kappa shape index (κ2) is 17.5. The number of aryl methyl sites for hydroxylation is 1. The molecule has 4 N–H and O–H groups in total. The molecule has 2 aliphatic rings. The van der Waals surface area contributed by atoms with Gasteiger partial charge in [0.15, 0.2) is 0 Å². The highest BCUT2D eigenvalue weighted by atomic mass is 16.5. The number of amides is 4. The molecular formula is C46H47N9O6. The molecule has 8 rings (SSSR count). The van der Waals surface area contributed by atoms with Gasteiger partial charge in [-0.3, -0.25) is 19.5 Å². The third-order valence-corrected chi connectivity index (χ3v) is 11.6. The van der Waals surface area contributed by atoms with Crippen LogP contribution in [-0.4, -0.2) is 96.0 Å². The number of imidazole rings is 2. The van der Waals surface area contributed by atoms with E-state index in [2.05, 4.69) is 26.3 Å². The smallest absolute Gasteiger partial charge is 0.407 e. The zero-order valence-corrected chi connectivity index (χ0v) is 34.1. The molecule has 0 bridgehead atoms. The molecule has 15 heteroatoms. The number of likely N-dealkylation sites (tertiary alicyclic amines) is 2. The maximum Gasteiger partial charge on any atom is 0.407 e. The lowest BCUT2D eigenvalue weighted by molar-refractivity contribution is -0.137. The summed E-state index contributed by atoms with van der Waals surface area (Å²) in [6, 6.07) is 25.7.